The smallest absolute Gasteiger partial charge is 0.317 e. The van der Waals surface area contributed by atoms with E-state index in [0.29, 0.717) is 23.6 Å². The fourth-order valence-corrected chi connectivity index (χ4v) is 5.44. The van der Waals surface area contributed by atoms with Gasteiger partial charge in [-0.3, -0.25) is 9.52 Å². The number of hydrogen-bond donors (Lipinski definition) is 3. The maximum atomic E-state index is 13.4. The Morgan fingerprint density at radius 1 is 1.20 bits per heavy atom. The number of methoxy groups -OCH3 is 1. The van der Waals surface area contributed by atoms with Crippen molar-refractivity contribution >= 4 is 27.6 Å². The van der Waals surface area contributed by atoms with Crippen LogP contribution in [-0.2, 0) is 21.2 Å². The van der Waals surface area contributed by atoms with Crippen molar-refractivity contribution in [1.29, 1.82) is 0 Å². The van der Waals surface area contributed by atoms with E-state index in [2.05, 4.69) is 10.0 Å². The fourth-order valence-electron chi connectivity index (χ4n) is 4.39. The van der Waals surface area contributed by atoms with Crippen LogP contribution in [0.4, 0.5) is 10.5 Å². The zero-order valence-electron chi connectivity index (χ0n) is 23.9. The van der Waals surface area contributed by atoms with Crippen LogP contribution >= 0.6 is 0 Å². The molecule has 0 aliphatic carbocycles. The summed E-state index contributed by atoms with van der Waals surface area (Å²) in [5.41, 5.74) is 0.758. The van der Waals surface area contributed by atoms with Crippen LogP contribution in [-0.4, -0.2) is 87.3 Å². The number of hydrogen-bond acceptors (Lipinski definition) is 7. The van der Waals surface area contributed by atoms with Crippen molar-refractivity contribution in [2.45, 2.75) is 57.2 Å². The van der Waals surface area contributed by atoms with Gasteiger partial charge in [0, 0.05) is 36.8 Å². The SMILES string of the molecule is COc1ccc(S(=O)(=O)Nc2ccc3c(c2)CC(=O)N([C@H](C)CO)C[C@H](C)[C@@H](CN(C)C(=O)NC(C)C)O3)cc1. The largest absolute Gasteiger partial charge is 0.497 e. The van der Waals surface area contributed by atoms with Gasteiger partial charge in [-0.05, 0) is 63.2 Å². The summed E-state index contributed by atoms with van der Waals surface area (Å²) in [6.07, 6.45) is -0.538. The molecular formula is C28H40N4O7S. The number of benzene rings is 2. The van der Waals surface area contributed by atoms with E-state index in [4.69, 9.17) is 9.47 Å². The molecule has 3 atom stereocenters. The number of likely N-dealkylation sites (N-methyl/N-ethyl adjacent to an activating group) is 1. The van der Waals surface area contributed by atoms with Gasteiger partial charge in [0.05, 0.1) is 37.6 Å². The van der Waals surface area contributed by atoms with E-state index in [1.54, 1.807) is 49.2 Å². The third-order valence-electron chi connectivity index (χ3n) is 6.75. The first-order valence-corrected chi connectivity index (χ1v) is 14.7. The van der Waals surface area contributed by atoms with E-state index < -0.39 is 22.2 Å². The minimum absolute atomic E-state index is 0.0341. The Morgan fingerprint density at radius 3 is 2.48 bits per heavy atom. The van der Waals surface area contributed by atoms with Crippen LogP contribution < -0.4 is 19.5 Å². The molecule has 2 aromatic rings. The van der Waals surface area contributed by atoms with Gasteiger partial charge in [-0.25, -0.2) is 13.2 Å². The van der Waals surface area contributed by atoms with E-state index in [1.165, 1.54) is 24.1 Å². The Morgan fingerprint density at radius 2 is 1.88 bits per heavy atom. The highest BCUT2D eigenvalue weighted by Crippen LogP contribution is 2.30. The third-order valence-corrected chi connectivity index (χ3v) is 8.15. The van der Waals surface area contributed by atoms with Crippen LogP contribution in [0.2, 0.25) is 0 Å². The lowest BCUT2D eigenvalue weighted by molar-refractivity contribution is -0.134. The van der Waals surface area contributed by atoms with Crippen molar-refractivity contribution < 1.29 is 32.6 Å². The second kappa shape index (κ2) is 13.2. The minimum atomic E-state index is -3.91. The van der Waals surface area contributed by atoms with E-state index >= 15 is 0 Å². The average Bonchev–Trinajstić information content (AvgIpc) is 2.95. The topological polar surface area (TPSA) is 138 Å². The van der Waals surface area contributed by atoms with Crippen molar-refractivity contribution in [2.24, 2.45) is 5.92 Å². The van der Waals surface area contributed by atoms with Crippen LogP contribution in [0.1, 0.15) is 33.3 Å². The Balaban J connectivity index is 1.94. The predicted octanol–water partition coefficient (Wildman–Crippen LogP) is 2.69. The van der Waals surface area contributed by atoms with Crippen LogP contribution in [0.3, 0.4) is 0 Å². The fraction of sp³-hybridized carbons (Fsp3) is 0.500. The second-order valence-corrected chi connectivity index (χ2v) is 12.2. The zero-order chi connectivity index (χ0) is 29.6. The summed E-state index contributed by atoms with van der Waals surface area (Å²) in [6, 6.07) is 10.1. The number of ether oxygens (including phenoxy) is 2. The quantitative estimate of drug-likeness (QED) is 0.417. The number of carbonyl (C=O) groups excluding carboxylic acids is 2. The molecule has 0 saturated heterocycles. The molecule has 0 radical (unpaired) electrons. The number of urea groups is 1. The summed E-state index contributed by atoms with van der Waals surface area (Å²) < 4.78 is 40.1. The maximum absolute atomic E-state index is 13.4. The van der Waals surface area contributed by atoms with Crippen molar-refractivity contribution in [3.8, 4) is 11.5 Å². The van der Waals surface area contributed by atoms with E-state index in [1.807, 2.05) is 20.8 Å². The summed E-state index contributed by atoms with van der Waals surface area (Å²) in [4.78, 5) is 29.2. The molecule has 1 heterocycles. The number of sulfonamides is 1. The van der Waals surface area contributed by atoms with E-state index in [9.17, 15) is 23.1 Å². The van der Waals surface area contributed by atoms with Crippen LogP contribution in [0.25, 0.3) is 0 Å². The zero-order valence-corrected chi connectivity index (χ0v) is 24.7. The lowest BCUT2D eigenvalue weighted by atomic mass is 10.0. The Hall–Kier alpha value is -3.51. The molecule has 40 heavy (non-hydrogen) atoms. The molecule has 0 saturated carbocycles. The van der Waals surface area contributed by atoms with Gasteiger partial charge in [0.1, 0.15) is 17.6 Å². The Bertz CT molecular complexity index is 1280. The van der Waals surface area contributed by atoms with Crippen molar-refractivity contribution in [3.63, 3.8) is 0 Å². The normalized spacial score (nSPS) is 18.5. The first-order valence-electron chi connectivity index (χ1n) is 13.2. The average molecular weight is 577 g/mol. The van der Waals surface area contributed by atoms with Gasteiger partial charge in [0.25, 0.3) is 10.0 Å². The number of nitrogens with zero attached hydrogens (tertiary/aromatic N) is 2. The molecule has 1 aliphatic heterocycles. The monoisotopic (exact) mass is 576 g/mol. The molecule has 0 fully saturated rings. The molecule has 12 heteroatoms. The highest BCUT2D eigenvalue weighted by Gasteiger charge is 2.32. The maximum Gasteiger partial charge on any atom is 0.317 e. The third kappa shape index (κ3) is 7.79. The van der Waals surface area contributed by atoms with Crippen LogP contribution in [0.15, 0.2) is 47.4 Å². The van der Waals surface area contributed by atoms with Gasteiger partial charge < -0.3 is 29.7 Å². The van der Waals surface area contributed by atoms with Crippen molar-refractivity contribution in [2.75, 3.05) is 38.6 Å². The summed E-state index contributed by atoms with van der Waals surface area (Å²) in [5.74, 6) is 0.546. The number of carbonyl (C=O) groups is 2. The summed E-state index contributed by atoms with van der Waals surface area (Å²) in [7, 11) is -0.735. The van der Waals surface area contributed by atoms with Gasteiger partial charge in [0.15, 0.2) is 0 Å². The minimum Gasteiger partial charge on any atom is -0.497 e. The van der Waals surface area contributed by atoms with Crippen molar-refractivity contribution in [1.82, 2.24) is 15.1 Å². The van der Waals surface area contributed by atoms with E-state index in [-0.39, 0.29) is 54.1 Å². The molecule has 3 amide bonds. The van der Waals surface area contributed by atoms with Gasteiger partial charge in [0.2, 0.25) is 5.91 Å². The van der Waals surface area contributed by atoms with Crippen LogP contribution in [0, 0.1) is 5.92 Å². The summed E-state index contributed by atoms with van der Waals surface area (Å²) in [5, 5.41) is 12.7. The van der Waals surface area contributed by atoms with Crippen LogP contribution in [0.5, 0.6) is 11.5 Å². The van der Waals surface area contributed by atoms with Gasteiger partial charge in [-0.1, -0.05) is 6.92 Å². The molecule has 11 nitrogen and oxygen atoms in total. The molecule has 220 valence electrons. The number of anilines is 1. The molecule has 0 bridgehead atoms. The Kier molecular flexibility index (Phi) is 10.3. The predicted molar refractivity (Wildman–Crippen MR) is 152 cm³/mol. The lowest BCUT2D eigenvalue weighted by Crippen LogP contribution is -2.49. The van der Waals surface area contributed by atoms with Gasteiger partial charge in [-0.2, -0.15) is 0 Å². The molecule has 0 unspecified atom stereocenters. The molecule has 2 aromatic carbocycles. The first kappa shape index (κ1) is 31.0. The highest BCUT2D eigenvalue weighted by atomic mass is 32.2. The van der Waals surface area contributed by atoms with E-state index in [0.717, 1.165) is 0 Å². The number of rotatable bonds is 9. The molecule has 3 N–H and O–H groups in total. The highest BCUT2D eigenvalue weighted by molar-refractivity contribution is 7.92. The lowest BCUT2D eigenvalue weighted by Gasteiger charge is -2.34. The summed E-state index contributed by atoms with van der Waals surface area (Å²) >= 11 is 0. The molecule has 0 spiro atoms. The molecule has 0 aromatic heterocycles. The second-order valence-electron chi connectivity index (χ2n) is 10.5. The number of fused-ring (bicyclic) bond motifs is 1. The standard InChI is InChI=1S/C28H40N4O7S/c1-18(2)29-28(35)31(5)16-26-19(3)15-32(20(4)17-33)27(34)14-21-13-22(7-12-25(21)39-26)30-40(36,37)24-10-8-23(38-6)9-11-24/h7-13,18-20,26,30,33H,14-17H2,1-6H3,(H,29,35)/t19-,20+,26+/m0/s1. The number of amides is 3. The molecule has 1 aliphatic rings. The molecular weight excluding hydrogens is 536 g/mol. The number of nitrogens with one attached hydrogen (secondary N) is 2. The number of aliphatic hydroxyl groups excluding tert-OH is 1. The van der Waals surface area contributed by atoms with Gasteiger partial charge >= 0.3 is 6.03 Å². The Labute approximate surface area is 236 Å². The first-order chi connectivity index (χ1) is 18.8. The van der Waals surface area contributed by atoms with Crippen molar-refractivity contribution in [3.05, 3.63) is 48.0 Å². The molecule has 3 rings (SSSR count). The number of aliphatic hydroxyl groups is 1. The van der Waals surface area contributed by atoms with Gasteiger partial charge in [-0.15, -0.1) is 0 Å². The summed E-state index contributed by atoms with van der Waals surface area (Å²) in [6.45, 7) is 7.81.